The lowest BCUT2D eigenvalue weighted by atomic mass is 9.86. The number of amides is 1. The third-order valence-corrected chi connectivity index (χ3v) is 8.77. The van der Waals surface area contributed by atoms with Gasteiger partial charge >= 0.3 is 5.97 Å². The number of hydrogen-bond donors (Lipinski definition) is 3. The Morgan fingerprint density at radius 1 is 0.900 bits per heavy atom. The molecule has 4 N–H and O–H groups in total. The number of hydrogen-bond acceptors (Lipinski definition) is 8. The zero-order valence-corrected chi connectivity index (χ0v) is 30.6. The lowest BCUT2D eigenvalue weighted by Crippen LogP contribution is -2.43. The Labute approximate surface area is 298 Å². The first kappa shape index (κ1) is 40.5. The van der Waals surface area contributed by atoms with Crippen molar-refractivity contribution in [1.29, 1.82) is 0 Å². The van der Waals surface area contributed by atoms with E-state index in [0.717, 1.165) is 54.5 Å². The van der Waals surface area contributed by atoms with Crippen LogP contribution in [0.1, 0.15) is 106 Å². The van der Waals surface area contributed by atoms with Gasteiger partial charge in [0, 0.05) is 47.9 Å². The smallest absolute Gasteiger partial charge is 0.303 e. The minimum atomic E-state index is -0.900. The highest BCUT2D eigenvalue weighted by atomic mass is 16.5. The number of Topliss-reactive ketones (excluding diaryl/α,β-unsaturated/α-hetero) is 1. The number of benzene rings is 2. The lowest BCUT2D eigenvalue weighted by Gasteiger charge is -2.31. The first-order chi connectivity index (χ1) is 23.9. The Morgan fingerprint density at radius 2 is 1.54 bits per heavy atom. The number of ketones is 1. The summed E-state index contributed by atoms with van der Waals surface area (Å²) in [7, 11) is 0. The maximum absolute atomic E-state index is 12.5. The van der Waals surface area contributed by atoms with Crippen LogP contribution in [0.4, 0.5) is 0 Å². The van der Waals surface area contributed by atoms with Crippen molar-refractivity contribution >= 4 is 17.7 Å². The van der Waals surface area contributed by atoms with Crippen molar-refractivity contribution in [3.05, 3.63) is 65.2 Å². The van der Waals surface area contributed by atoms with Gasteiger partial charge in [0.25, 0.3) is 0 Å². The van der Waals surface area contributed by atoms with Gasteiger partial charge in [0.15, 0.2) is 5.78 Å². The van der Waals surface area contributed by atoms with Crippen LogP contribution in [0.15, 0.2) is 43.0 Å². The van der Waals surface area contributed by atoms with Gasteiger partial charge in [0.2, 0.25) is 5.91 Å². The second-order valence-corrected chi connectivity index (χ2v) is 14.4. The SMILES string of the molecule is C=CCc1c(OCCCCCOc2cccc(OCCCC(=O)NCC(C)(C)OCC(C)(C)CN)c2CCC(=O)O)ccc2c1CCCC2=O. The van der Waals surface area contributed by atoms with Gasteiger partial charge in [0.1, 0.15) is 17.2 Å². The molecular formula is C40H58N2O8. The number of unbranched alkanes of at least 4 members (excludes halogenated alkanes) is 2. The molecule has 3 rings (SSSR count). The second kappa shape index (κ2) is 20.1. The molecule has 0 atom stereocenters. The van der Waals surface area contributed by atoms with Gasteiger partial charge in [0.05, 0.1) is 32.0 Å². The van der Waals surface area contributed by atoms with Crippen molar-refractivity contribution in [1.82, 2.24) is 5.32 Å². The van der Waals surface area contributed by atoms with E-state index in [1.165, 1.54) is 0 Å². The molecule has 2 aromatic carbocycles. The van der Waals surface area contributed by atoms with Crippen LogP contribution in [0.25, 0.3) is 0 Å². The van der Waals surface area contributed by atoms with Crippen molar-refractivity contribution in [2.24, 2.45) is 11.1 Å². The summed E-state index contributed by atoms with van der Waals surface area (Å²) in [5.41, 5.74) is 8.84. The molecule has 276 valence electrons. The predicted molar refractivity (Wildman–Crippen MR) is 195 cm³/mol. The van der Waals surface area contributed by atoms with E-state index in [4.69, 9.17) is 24.7 Å². The van der Waals surface area contributed by atoms with E-state index in [1.807, 2.05) is 58.0 Å². The highest BCUT2D eigenvalue weighted by Gasteiger charge is 2.25. The summed E-state index contributed by atoms with van der Waals surface area (Å²) in [5, 5.41) is 12.3. The fraction of sp³-hybridized carbons (Fsp3) is 0.575. The minimum absolute atomic E-state index is 0.0541. The van der Waals surface area contributed by atoms with Gasteiger partial charge in [-0.05, 0) is 102 Å². The molecule has 0 bridgehead atoms. The summed E-state index contributed by atoms with van der Waals surface area (Å²) in [5.74, 6) is 1.21. The van der Waals surface area contributed by atoms with Crippen molar-refractivity contribution in [2.45, 2.75) is 104 Å². The van der Waals surface area contributed by atoms with Gasteiger partial charge in [-0.15, -0.1) is 6.58 Å². The number of carboxylic acid groups (broad SMARTS) is 1. The van der Waals surface area contributed by atoms with Crippen molar-refractivity contribution in [3.63, 3.8) is 0 Å². The molecule has 1 aliphatic carbocycles. The first-order valence-electron chi connectivity index (χ1n) is 18.0. The van der Waals surface area contributed by atoms with Gasteiger partial charge in [-0.25, -0.2) is 0 Å². The van der Waals surface area contributed by atoms with E-state index in [1.54, 1.807) is 6.07 Å². The number of rotatable bonds is 24. The summed E-state index contributed by atoms with van der Waals surface area (Å²) in [4.78, 5) is 36.3. The normalized spacial score (nSPS) is 13.0. The summed E-state index contributed by atoms with van der Waals surface area (Å²) < 4.78 is 24.3. The number of ether oxygens (including phenoxy) is 4. The molecule has 0 fully saturated rings. The fourth-order valence-electron chi connectivity index (χ4n) is 5.64. The van der Waals surface area contributed by atoms with Crippen LogP contribution in [-0.4, -0.2) is 67.9 Å². The van der Waals surface area contributed by atoms with Crippen LogP contribution in [0, 0.1) is 5.41 Å². The number of nitrogens with two attached hydrogens (primary N) is 1. The average Bonchev–Trinajstić information content (AvgIpc) is 3.08. The maximum Gasteiger partial charge on any atom is 0.303 e. The topological polar surface area (TPSA) is 146 Å². The molecular weight excluding hydrogens is 636 g/mol. The zero-order chi connectivity index (χ0) is 36.6. The molecule has 1 amide bonds. The second-order valence-electron chi connectivity index (χ2n) is 14.4. The largest absolute Gasteiger partial charge is 0.493 e. The number of carbonyl (C=O) groups excluding carboxylic acids is 2. The molecule has 0 saturated carbocycles. The van der Waals surface area contributed by atoms with Crippen LogP contribution in [-0.2, 0) is 33.6 Å². The molecule has 0 aromatic heterocycles. The molecule has 2 aromatic rings. The standard InChI is InChI=1S/C40H58N2O8/c1-6-13-31-29-14-10-15-33(43)30(29)19-21-36(31)48-24-9-7-8-23-47-34-16-11-17-35(32(34)20-22-38(45)46)49-25-12-18-37(44)42-27-40(4,5)50-28-39(2,3)26-41/h6,11,16-17,19,21H,1,7-10,12-15,18,20,22-28,41H2,2-5H3,(H,42,44)(H,45,46). The number of fused-ring (bicyclic) bond motifs is 1. The Balaban J connectivity index is 1.43. The molecule has 50 heavy (non-hydrogen) atoms. The predicted octanol–water partition coefficient (Wildman–Crippen LogP) is 6.63. The summed E-state index contributed by atoms with van der Waals surface area (Å²) in [6, 6.07) is 9.28. The van der Waals surface area contributed by atoms with Crippen LogP contribution in [0.3, 0.4) is 0 Å². The molecule has 0 aliphatic heterocycles. The number of nitrogens with one attached hydrogen (secondary N) is 1. The number of aliphatic carboxylic acids is 1. The third-order valence-electron chi connectivity index (χ3n) is 8.77. The van der Waals surface area contributed by atoms with Crippen molar-refractivity contribution < 1.29 is 38.4 Å². The van der Waals surface area contributed by atoms with E-state index in [0.29, 0.717) is 75.8 Å². The quantitative estimate of drug-likeness (QED) is 0.0814. The Bertz CT molecular complexity index is 1430. The van der Waals surface area contributed by atoms with Gasteiger partial charge in [-0.2, -0.15) is 0 Å². The Hall–Kier alpha value is -3.89. The molecule has 1 aliphatic rings. The van der Waals surface area contributed by atoms with E-state index in [9.17, 15) is 19.5 Å². The molecule has 0 radical (unpaired) electrons. The summed E-state index contributed by atoms with van der Waals surface area (Å²) in [6.45, 7) is 14.6. The molecule has 10 heteroatoms. The van der Waals surface area contributed by atoms with Crippen LogP contribution in [0.2, 0.25) is 0 Å². The van der Waals surface area contributed by atoms with E-state index < -0.39 is 11.6 Å². The molecule has 0 heterocycles. The zero-order valence-electron chi connectivity index (χ0n) is 30.6. The fourth-order valence-corrected chi connectivity index (χ4v) is 5.64. The van der Waals surface area contributed by atoms with Gasteiger partial charge < -0.3 is 35.1 Å². The minimum Gasteiger partial charge on any atom is -0.493 e. The number of carboxylic acids is 1. The maximum atomic E-state index is 12.5. The van der Waals surface area contributed by atoms with Gasteiger partial charge in [-0.1, -0.05) is 26.0 Å². The highest BCUT2D eigenvalue weighted by Crippen LogP contribution is 2.33. The van der Waals surface area contributed by atoms with Crippen LogP contribution in [0.5, 0.6) is 17.2 Å². The monoisotopic (exact) mass is 694 g/mol. The lowest BCUT2D eigenvalue weighted by molar-refractivity contribution is -0.137. The number of allylic oxidation sites excluding steroid dienone is 1. The van der Waals surface area contributed by atoms with Crippen LogP contribution < -0.4 is 25.3 Å². The average molecular weight is 695 g/mol. The van der Waals surface area contributed by atoms with Crippen molar-refractivity contribution in [3.8, 4) is 17.2 Å². The summed E-state index contributed by atoms with van der Waals surface area (Å²) >= 11 is 0. The summed E-state index contributed by atoms with van der Waals surface area (Å²) in [6.07, 6.45) is 8.42. The molecule has 0 spiro atoms. The van der Waals surface area contributed by atoms with E-state index >= 15 is 0 Å². The van der Waals surface area contributed by atoms with E-state index in [2.05, 4.69) is 11.9 Å². The van der Waals surface area contributed by atoms with Crippen molar-refractivity contribution in [2.75, 3.05) is 39.5 Å². The molecule has 0 saturated heterocycles. The third kappa shape index (κ3) is 13.4. The Kier molecular flexibility index (Phi) is 16.3. The highest BCUT2D eigenvalue weighted by molar-refractivity contribution is 5.99. The number of carbonyl (C=O) groups is 3. The first-order valence-corrected chi connectivity index (χ1v) is 18.0. The molecule has 0 unspecified atom stereocenters. The van der Waals surface area contributed by atoms with Crippen LogP contribution >= 0.6 is 0 Å². The Morgan fingerprint density at radius 3 is 2.16 bits per heavy atom. The molecule has 10 nitrogen and oxygen atoms in total. The van der Waals surface area contributed by atoms with Gasteiger partial charge in [-0.3, -0.25) is 14.4 Å². The van der Waals surface area contributed by atoms with E-state index in [-0.39, 0.29) is 36.4 Å².